The van der Waals surface area contributed by atoms with Gasteiger partial charge in [-0.05, 0) is 0 Å². The van der Waals surface area contributed by atoms with Crippen molar-refractivity contribution in [2.75, 3.05) is 6.61 Å². The molecule has 0 aliphatic carbocycles. The Morgan fingerprint density at radius 2 is 2.17 bits per heavy atom. The minimum atomic E-state index is 0.000700. The molecule has 3 heteroatoms. The summed E-state index contributed by atoms with van der Waals surface area (Å²) in [7, 11) is 0. The van der Waals surface area contributed by atoms with Gasteiger partial charge in [0.25, 0.3) is 0 Å². The zero-order valence-electron chi connectivity index (χ0n) is 7.79. The maximum absolute atomic E-state index is 8.63. The van der Waals surface area contributed by atoms with Crippen LogP contribution in [-0.4, -0.2) is 16.7 Å². The molecule has 0 saturated heterocycles. The summed E-state index contributed by atoms with van der Waals surface area (Å²) >= 11 is 0. The number of hydrogen-bond acceptors (Lipinski definition) is 3. The Balaban J connectivity index is 2.77. The molecule has 0 aliphatic rings. The molecule has 0 saturated carbocycles. The van der Waals surface area contributed by atoms with E-state index >= 15 is 0 Å². The van der Waals surface area contributed by atoms with Crippen LogP contribution in [-0.2, 0) is 11.8 Å². The minimum Gasteiger partial charge on any atom is -0.445 e. The highest BCUT2D eigenvalue weighted by atomic mass is 16.4. The summed E-state index contributed by atoms with van der Waals surface area (Å²) in [6.07, 6.45) is 2.22. The second-order valence-corrected chi connectivity index (χ2v) is 3.84. The first-order chi connectivity index (χ1) is 5.54. The van der Waals surface area contributed by atoms with Gasteiger partial charge in [-0.2, -0.15) is 0 Å². The van der Waals surface area contributed by atoms with Crippen LogP contribution in [0, 0.1) is 0 Å². The Bertz CT molecular complexity index is 247. The summed E-state index contributed by atoms with van der Waals surface area (Å²) in [4.78, 5) is 4.05. The van der Waals surface area contributed by atoms with Crippen LogP contribution < -0.4 is 0 Å². The van der Waals surface area contributed by atoms with E-state index in [2.05, 4.69) is 25.8 Å². The van der Waals surface area contributed by atoms with Crippen molar-refractivity contribution in [3.63, 3.8) is 0 Å². The van der Waals surface area contributed by atoms with Crippen LogP contribution >= 0.6 is 0 Å². The molecule has 68 valence electrons. The average Bonchev–Trinajstić information content (AvgIpc) is 2.35. The van der Waals surface area contributed by atoms with E-state index in [4.69, 9.17) is 9.52 Å². The van der Waals surface area contributed by atoms with Crippen LogP contribution in [0.25, 0.3) is 0 Å². The molecule has 1 rings (SSSR count). The van der Waals surface area contributed by atoms with Gasteiger partial charge in [-0.15, -0.1) is 0 Å². The number of hydrogen-bond donors (Lipinski definition) is 1. The molecular weight excluding hydrogens is 154 g/mol. The van der Waals surface area contributed by atoms with Crippen molar-refractivity contribution in [3.05, 3.63) is 17.8 Å². The monoisotopic (exact) mass is 169 g/mol. The van der Waals surface area contributed by atoms with Gasteiger partial charge in [0.1, 0.15) is 5.76 Å². The summed E-state index contributed by atoms with van der Waals surface area (Å²) in [6, 6.07) is 0. The van der Waals surface area contributed by atoms with Crippen LogP contribution in [0.5, 0.6) is 0 Å². The molecule has 3 nitrogen and oxygen atoms in total. The number of aromatic nitrogens is 1. The quantitative estimate of drug-likeness (QED) is 0.729. The van der Waals surface area contributed by atoms with E-state index in [1.54, 1.807) is 6.20 Å². The molecule has 12 heavy (non-hydrogen) atoms. The summed E-state index contributed by atoms with van der Waals surface area (Å²) in [6.45, 7) is 6.28. The van der Waals surface area contributed by atoms with Crippen LogP contribution in [0.4, 0.5) is 0 Å². The molecule has 1 aromatic rings. The standard InChI is InChI=1S/C9H15NO2/c1-9(2,3)7-6-10-8(12-7)4-5-11/h6,11H,4-5H2,1-3H3. The predicted molar refractivity (Wildman–Crippen MR) is 46.0 cm³/mol. The van der Waals surface area contributed by atoms with E-state index in [9.17, 15) is 0 Å². The summed E-state index contributed by atoms with van der Waals surface area (Å²) in [5.74, 6) is 1.48. The molecule has 0 unspecified atom stereocenters. The van der Waals surface area contributed by atoms with Gasteiger partial charge < -0.3 is 9.52 Å². The van der Waals surface area contributed by atoms with Gasteiger partial charge in [0.05, 0.1) is 12.8 Å². The largest absolute Gasteiger partial charge is 0.445 e. The van der Waals surface area contributed by atoms with Crippen LogP contribution in [0.15, 0.2) is 10.6 Å². The van der Waals surface area contributed by atoms with E-state index < -0.39 is 0 Å². The smallest absolute Gasteiger partial charge is 0.196 e. The van der Waals surface area contributed by atoms with Crippen molar-refractivity contribution in [2.24, 2.45) is 0 Å². The summed E-state index contributed by atoms with van der Waals surface area (Å²) in [5.41, 5.74) is 0.000700. The Labute approximate surface area is 72.4 Å². The van der Waals surface area contributed by atoms with Gasteiger partial charge in [-0.25, -0.2) is 4.98 Å². The normalized spacial score (nSPS) is 12.0. The van der Waals surface area contributed by atoms with Gasteiger partial charge in [0, 0.05) is 11.8 Å². The first-order valence-corrected chi connectivity index (χ1v) is 4.10. The Hall–Kier alpha value is -0.830. The zero-order chi connectivity index (χ0) is 9.19. The molecule has 0 amide bonds. The zero-order valence-corrected chi connectivity index (χ0v) is 7.79. The Morgan fingerprint density at radius 1 is 1.50 bits per heavy atom. The molecular formula is C9H15NO2. The number of oxazole rings is 1. The van der Waals surface area contributed by atoms with E-state index in [0.717, 1.165) is 5.76 Å². The Kier molecular flexibility index (Phi) is 2.52. The number of aliphatic hydroxyl groups excluding tert-OH is 1. The van der Waals surface area contributed by atoms with Crippen LogP contribution in [0.1, 0.15) is 32.4 Å². The van der Waals surface area contributed by atoms with Crippen molar-refractivity contribution in [2.45, 2.75) is 32.6 Å². The Morgan fingerprint density at radius 3 is 2.58 bits per heavy atom. The predicted octanol–water partition coefficient (Wildman–Crippen LogP) is 1.51. The molecule has 1 N–H and O–H groups in total. The lowest BCUT2D eigenvalue weighted by Gasteiger charge is -2.12. The van der Waals surface area contributed by atoms with E-state index in [0.29, 0.717) is 12.3 Å². The molecule has 0 radical (unpaired) electrons. The fourth-order valence-corrected chi connectivity index (χ4v) is 0.868. The SMILES string of the molecule is CC(C)(C)c1cnc(CCO)o1. The summed E-state index contributed by atoms with van der Waals surface area (Å²) in [5, 5.41) is 8.63. The second kappa shape index (κ2) is 3.27. The summed E-state index contributed by atoms with van der Waals surface area (Å²) < 4.78 is 5.42. The van der Waals surface area contributed by atoms with Crippen LogP contribution in [0.3, 0.4) is 0 Å². The maximum Gasteiger partial charge on any atom is 0.196 e. The van der Waals surface area contributed by atoms with Crippen LogP contribution in [0.2, 0.25) is 0 Å². The van der Waals surface area contributed by atoms with Crippen molar-refractivity contribution in [1.82, 2.24) is 4.98 Å². The number of nitrogens with zero attached hydrogens (tertiary/aromatic N) is 1. The number of aliphatic hydroxyl groups is 1. The first kappa shape index (κ1) is 9.26. The lowest BCUT2D eigenvalue weighted by Crippen LogP contribution is -2.09. The van der Waals surface area contributed by atoms with E-state index in [1.165, 1.54) is 0 Å². The number of rotatable bonds is 2. The fraction of sp³-hybridized carbons (Fsp3) is 0.667. The molecule has 0 atom stereocenters. The van der Waals surface area contributed by atoms with Crippen molar-refractivity contribution in [3.8, 4) is 0 Å². The molecule has 0 aliphatic heterocycles. The third-order valence-corrected chi connectivity index (χ3v) is 1.62. The molecule has 0 bridgehead atoms. The van der Waals surface area contributed by atoms with Crippen molar-refractivity contribution >= 4 is 0 Å². The third-order valence-electron chi connectivity index (χ3n) is 1.62. The first-order valence-electron chi connectivity index (χ1n) is 4.10. The second-order valence-electron chi connectivity index (χ2n) is 3.84. The van der Waals surface area contributed by atoms with Gasteiger partial charge in [0.15, 0.2) is 5.89 Å². The van der Waals surface area contributed by atoms with Gasteiger partial charge in [-0.3, -0.25) is 0 Å². The molecule has 1 heterocycles. The highest BCUT2D eigenvalue weighted by molar-refractivity contribution is 5.05. The topological polar surface area (TPSA) is 46.3 Å². The lowest BCUT2D eigenvalue weighted by molar-refractivity contribution is 0.279. The third kappa shape index (κ3) is 2.08. The minimum absolute atomic E-state index is 0.000700. The molecule has 1 aromatic heterocycles. The molecule has 0 aromatic carbocycles. The van der Waals surface area contributed by atoms with Gasteiger partial charge >= 0.3 is 0 Å². The maximum atomic E-state index is 8.63. The fourth-order valence-electron chi connectivity index (χ4n) is 0.868. The van der Waals surface area contributed by atoms with Gasteiger partial charge in [-0.1, -0.05) is 20.8 Å². The van der Waals surface area contributed by atoms with Crippen molar-refractivity contribution in [1.29, 1.82) is 0 Å². The van der Waals surface area contributed by atoms with Gasteiger partial charge in [0.2, 0.25) is 0 Å². The van der Waals surface area contributed by atoms with Crippen molar-refractivity contribution < 1.29 is 9.52 Å². The van der Waals surface area contributed by atoms with E-state index in [1.807, 2.05) is 0 Å². The highest BCUT2D eigenvalue weighted by Crippen LogP contribution is 2.22. The lowest BCUT2D eigenvalue weighted by atomic mass is 9.94. The molecule has 0 fully saturated rings. The van der Waals surface area contributed by atoms with E-state index in [-0.39, 0.29) is 12.0 Å². The molecule has 0 spiro atoms. The highest BCUT2D eigenvalue weighted by Gasteiger charge is 2.18. The average molecular weight is 169 g/mol.